The summed E-state index contributed by atoms with van der Waals surface area (Å²) < 4.78 is 29.7. The highest BCUT2D eigenvalue weighted by atomic mass is 35.5. The van der Waals surface area contributed by atoms with E-state index < -0.39 is 15.9 Å². The number of ether oxygens (including phenoxy) is 1. The van der Waals surface area contributed by atoms with E-state index in [-0.39, 0.29) is 11.3 Å². The maximum absolute atomic E-state index is 12.0. The van der Waals surface area contributed by atoms with Crippen molar-refractivity contribution in [2.24, 2.45) is 0 Å². The molecule has 0 fully saturated rings. The summed E-state index contributed by atoms with van der Waals surface area (Å²) in [5.41, 5.74) is 0.376. The fourth-order valence-electron chi connectivity index (χ4n) is 1.51. The Labute approximate surface area is 123 Å². The number of halogens is 1. The quantitative estimate of drug-likeness (QED) is 0.745. The third kappa shape index (κ3) is 5.77. The predicted molar refractivity (Wildman–Crippen MR) is 78.7 cm³/mol. The van der Waals surface area contributed by atoms with E-state index in [0.29, 0.717) is 24.6 Å². The summed E-state index contributed by atoms with van der Waals surface area (Å²) in [4.78, 5) is 12.0. The number of hydrogen-bond acceptors (Lipinski definition) is 4. The number of anilines is 1. The van der Waals surface area contributed by atoms with Gasteiger partial charge in [0.05, 0.1) is 17.5 Å². The number of methoxy groups -OCH3 is 1. The van der Waals surface area contributed by atoms with Gasteiger partial charge in [-0.1, -0.05) is 11.6 Å². The zero-order valence-electron chi connectivity index (χ0n) is 11.3. The van der Waals surface area contributed by atoms with E-state index in [1.54, 1.807) is 7.11 Å². The van der Waals surface area contributed by atoms with E-state index in [2.05, 4.69) is 10.0 Å². The summed E-state index contributed by atoms with van der Waals surface area (Å²) in [5.74, 6) is -0.394. The molecule has 2 N–H and O–H groups in total. The predicted octanol–water partition coefficient (Wildman–Crippen LogP) is 1.48. The summed E-state index contributed by atoms with van der Waals surface area (Å²) >= 11 is 5.84. The Morgan fingerprint density at radius 1 is 1.40 bits per heavy atom. The van der Waals surface area contributed by atoms with Crippen molar-refractivity contribution in [2.75, 3.05) is 31.2 Å². The van der Waals surface area contributed by atoms with Crippen molar-refractivity contribution >= 4 is 33.2 Å². The van der Waals surface area contributed by atoms with E-state index >= 15 is 0 Å². The molecule has 6 nitrogen and oxygen atoms in total. The van der Waals surface area contributed by atoms with Crippen LogP contribution in [-0.4, -0.2) is 40.8 Å². The van der Waals surface area contributed by atoms with Gasteiger partial charge >= 0.3 is 0 Å². The largest absolute Gasteiger partial charge is 0.385 e. The van der Waals surface area contributed by atoms with Gasteiger partial charge in [-0.05, 0) is 24.6 Å². The van der Waals surface area contributed by atoms with E-state index in [1.165, 1.54) is 18.2 Å². The molecular formula is C12H17ClN2O4S. The van der Waals surface area contributed by atoms with Crippen molar-refractivity contribution in [3.05, 3.63) is 28.8 Å². The fourth-order valence-corrected chi connectivity index (χ4v) is 2.26. The Bertz CT molecular complexity index is 575. The number of benzene rings is 1. The molecule has 0 aliphatic rings. The molecule has 0 aliphatic heterocycles. The smallest absolute Gasteiger partial charge is 0.253 e. The maximum Gasteiger partial charge on any atom is 0.253 e. The number of hydrogen-bond donors (Lipinski definition) is 2. The van der Waals surface area contributed by atoms with Crippen molar-refractivity contribution in [3.8, 4) is 0 Å². The van der Waals surface area contributed by atoms with Gasteiger partial charge in [0.2, 0.25) is 10.0 Å². The Balaban J connectivity index is 2.86. The number of carbonyl (C=O) groups is 1. The van der Waals surface area contributed by atoms with Crippen molar-refractivity contribution in [1.82, 2.24) is 5.32 Å². The van der Waals surface area contributed by atoms with Crippen LogP contribution >= 0.6 is 11.6 Å². The fraction of sp³-hybridized carbons (Fsp3) is 0.417. The molecule has 0 heterocycles. The minimum Gasteiger partial charge on any atom is -0.385 e. The Kier molecular flexibility index (Phi) is 6.25. The SMILES string of the molecule is COCCCNC(=O)c1cc(Cl)ccc1NS(C)(=O)=O. The van der Waals surface area contributed by atoms with Crippen LogP contribution in [-0.2, 0) is 14.8 Å². The van der Waals surface area contributed by atoms with Crippen LogP contribution < -0.4 is 10.0 Å². The molecule has 1 aromatic carbocycles. The molecule has 0 saturated carbocycles. The van der Waals surface area contributed by atoms with Crippen LogP contribution in [0.3, 0.4) is 0 Å². The molecule has 0 saturated heterocycles. The zero-order chi connectivity index (χ0) is 15.2. The highest BCUT2D eigenvalue weighted by Gasteiger charge is 2.14. The first-order chi connectivity index (χ1) is 9.33. The van der Waals surface area contributed by atoms with Crippen molar-refractivity contribution in [1.29, 1.82) is 0 Å². The third-order valence-corrected chi connectivity index (χ3v) is 3.16. The van der Waals surface area contributed by atoms with Crippen molar-refractivity contribution in [3.63, 3.8) is 0 Å². The van der Waals surface area contributed by atoms with E-state index in [1.807, 2.05) is 0 Å². The summed E-state index contributed by atoms with van der Waals surface area (Å²) in [6, 6.07) is 4.38. The lowest BCUT2D eigenvalue weighted by Gasteiger charge is -2.11. The number of amides is 1. The standard InChI is InChI=1S/C12H17ClN2O4S/c1-19-7-3-6-14-12(16)10-8-9(13)4-5-11(10)15-20(2,17)18/h4-5,8,15H,3,6-7H2,1-2H3,(H,14,16). The van der Waals surface area contributed by atoms with Crippen LogP contribution in [0.1, 0.15) is 16.8 Å². The molecule has 0 aliphatic carbocycles. The van der Waals surface area contributed by atoms with Gasteiger partial charge < -0.3 is 10.1 Å². The maximum atomic E-state index is 12.0. The first kappa shape index (κ1) is 16.7. The highest BCUT2D eigenvalue weighted by molar-refractivity contribution is 7.92. The molecule has 0 bridgehead atoms. The second kappa shape index (κ2) is 7.47. The molecule has 1 amide bonds. The second-order valence-electron chi connectivity index (χ2n) is 4.17. The third-order valence-electron chi connectivity index (χ3n) is 2.33. The lowest BCUT2D eigenvalue weighted by molar-refractivity contribution is 0.0949. The van der Waals surface area contributed by atoms with Crippen LogP contribution in [0.25, 0.3) is 0 Å². The monoisotopic (exact) mass is 320 g/mol. The minimum absolute atomic E-state index is 0.181. The molecule has 0 aromatic heterocycles. The van der Waals surface area contributed by atoms with Gasteiger partial charge in [-0.25, -0.2) is 8.42 Å². The van der Waals surface area contributed by atoms with Gasteiger partial charge in [-0.2, -0.15) is 0 Å². The van der Waals surface area contributed by atoms with Gasteiger partial charge in [-0.15, -0.1) is 0 Å². The Morgan fingerprint density at radius 2 is 2.10 bits per heavy atom. The average Bonchev–Trinajstić information content (AvgIpc) is 2.35. The van der Waals surface area contributed by atoms with Gasteiger partial charge in [-0.3, -0.25) is 9.52 Å². The van der Waals surface area contributed by atoms with Gasteiger partial charge in [0, 0.05) is 25.3 Å². The van der Waals surface area contributed by atoms with Crippen LogP contribution in [0.2, 0.25) is 5.02 Å². The molecule has 20 heavy (non-hydrogen) atoms. The molecule has 0 radical (unpaired) electrons. The normalized spacial score (nSPS) is 11.2. The molecule has 1 rings (SSSR count). The molecule has 1 aromatic rings. The Hall–Kier alpha value is -1.31. The summed E-state index contributed by atoms with van der Waals surface area (Å²) in [7, 11) is -1.89. The average molecular weight is 321 g/mol. The molecule has 8 heteroatoms. The summed E-state index contributed by atoms with van der Waals surface area (Å²) in [6.07, 6.45) is 1.68. The first-order valence-electron chi connectivity index (χ1n) is 5.88. The summed E-state index contributed by atoms with van der Waals surface area (Å²) in [6.45, 7) is 0.960. The number of carbonyl (C=O) groups excluding carboxylic acids is 1. The lowest BCUT2D eigenvalue weighted by Crippen LogP contribution is -2.26. The zero-order valence-corrected chi connectivity index (χ0v) is 12.8. The lowest BCUT2D eigenvalue weighted by atomic mass is 10.1. The van der Waals surface area contributed by atoms with E-state index in [4.69, 9.17) is 16.3 Å². The molecule has 0 spiro atoms. The van der Waals surface area contributed by atoms with Crippen LogP contribution in [0.4, 0.5) is 5.69 Å². The highest BCUT2D eigenvalue weighted by Crippen LogP contribution is 2.21. The minimum atomic E-state index is -3.47. The molecular weight excluding hydrogens is 304 g/mol. The Morgan fingerprint density at radius 3 is 2.70 bits per heavy atom. The van der Waals surface area contributed by atoms with Gasteiger partial charge in [0.25, 0.3) is 5.91 Å². The van der Waals surface area contributed by atoms with Crippen LogP contribution in [0.15, 0.2) is 18.2 Å². The number of rotatable bonds is 7. The van der Waals surface area contributed by atoms with E-state index in [0.717, 1.165) is 6.26 Å². The second-order valence-corrected chi connectivity index (χ2v) is 6.35. The van der Waals surface area contributed by atoms with Crippen molar-refractivity contribution < 1.29 is 17.9 Å². The number of nitrogens with one attached hydrogen (secondary N) is 2. The van der Waals surface area contributed by atoms with E-state index in [9.17, 15) is 13.2 Å². The molecule has 112 valence electrons. The summed E-state index contributed by atoms with van der Waals surface area (Å²) in [5, 5.41) is 3.03. The van der Waals surface area contributed by atoms with Gasteiger partial charge in [0.15, 0.2) is 0 Å². The van der Waals surface area contributed by atoms with Crippen molar-refractivity contribution in [2.45, 2.75) is 6.42 Å². The van der Waals surface area contributed by atoms with Crippen LogP contribution in [0, 0.1) is 0 Å². The number of sulfonamides is 1. The van der Waals surface area contributed by atoms with Crippen LogP contribution in [0.5, 0.6) is 0 Å². The molecule has 0 atom stereocenters. The first-order valence-corrected chi connectivity index (χ1v) is 8.15. The molecule has 0 unspecified atom stereocenters. The topological polar surface area (TPSA) is 84.5 Å². The van der Waals surface area contributed by atoms with Gasteiger partial charge in [0.1, 0.15) is 0 Å².